The Kier molecular flexibility index (Phi) is 5.52. The van der Waals surface area contributed by atoms with Gasteiger partial charge in [0.15, 0.2) is 0 Å². The van der Waals surface area contributed by atoms with E-state index < -0.39 is 0 Å². The van der Waals surface area contributed by atoms with E-state index in [1.807, 2.05) is 24.3 Å². The molecule has 0 saturated heterocycles. The monoisotopic (exact) mass is 264 g/mol. The van der Waals surface area contributed by atoms with Gasteiger partial charge in [0, 0.05) is 0 Å². The summed E-state index contributed by atoms with van der Waals surface area (Å²) in [5.41, 5.74) is 0. The van der Waals surface area contributed by atoms with Crippen molar-refractivity contribution in [1.29, 1.82) is 0 Å². The van der Waals surface area contributed by atoms with E-state index in [1.54, 1.807) is 0 Å². The van der Waals surface area contributed by atoms with Gasteiger partial charge in [0.05, 0.1) is 12.7 Å². The normalized spacial score (nSPS) is 23.7. The van der Waals surface area contributed by atoms with Gasteiger partial charge in [0.2, 0.25) is 0 Å². The summed E-state index contributed by atoms with van der Waals surface area (Å²) in [7, 11) is 0. The highest BCUT2D eigenvalue weighted by Gasteiger charge is 2.23. The third-order valence-corrected chi connectivity index (χ3v) is 3.50. The number of ether oxygens (including phenoxy) is 2. The molecule has 0 bridgehead atoms. The number of aliphatic hydroxyl groups is 1. The fourth-order valence-electron chi connectivity index (χ4n) is 2.40. The lowest BCUT2D eigenvalue weighted by atomic mass is 10.1. The first kappa shape index (κ1) is 14.2. The van der Waals surface area contributed by atoms with Crippen LogP contribution in [0.1, 0.15) is 45.4 Å². The van der Waals surface area contributed by atoms with Gasteiger partial charge in [-0.3, -0.25) is 0 Å². The van der Waals surface area contributed by atoms with Gasteiger partial charge < -0.3 is 14.6 Å². The second kappa shape index (κ2) is 7.39. The summed E-state index contributed by atoms with van der Waals surface area (Å²) in [6, 6.07) is 7.69. The first-order chi connectivity index (χ1) is 9.29. The van der Waals surface area contributed by atoms with Crippen molar-refractivity contribution < 1.29 is 14.6 Å². The second-order valence-electron chi connectivity index (χ2n) is 5.18. The standard InChI is InChI=1S/C16H24O3/c1-2-12-18-13-8-10-14(11-9-13)19-16-7-5-3-4-6-15(16)17/h8-11,15-17H,2-7,12H2,1H3. The van der Waals surface area contributed by atoms with Crippen molar-refractivity contribution >= 4 is 0 Å². The van der Waals surface area contributed by atoms with Crippen molar-refractivity contribution in [3.8, 4) is 11.5 Å². The highest BCUT2D eigenvalue weighted by molar-refractivity contribution is 5.31. The zero-order valence-electron chi connectivity index (χ0n) is 11.7. The minimum Gasteiger partial charge on any atom is -0.494 e. The molecule has 0 amide bonds. The number of rotatable bonds is 5. The molecule has 1 N–H and O–H groups in total. The van der Waals surface area contributed by atoms with E-state index in [1.165, 1.54) is 6.42 Å². The topological polar surface area (TPSA) is 38.7 Å². The van der Waals surface area contributed by atoms with Crippen molar-refractivity contribution in [1.82, 2.24) is 0 Å². The van der Waals surface area contributed by atoms with Crippen LogP contribution >= 0.6 is 0 Å². The first-order valence-corrected chi connectivity index (χ1v) is 7.37. The molecule has 0 heterocycles. The molecule has 1 aromatic carbocycles. The molecule has 2 unspecified atom stereocenters. The van der Waals surface area contributed by atoms with Gasteiger partial charge in [-0.2, -0.15) is 0 Å². The Morgan fingerprint density at radius 1 is 1.05 bits per heavy atom. The molecule has 0 radical (unpaired) electrons. The van der Waals surface area contributed by atoms with Crippen LogP contribution in [0.25, 0.3) is 0 Å². The minimum absolute atomic E-state index is 0.0649. The fraction of sp³-hybridized carbons (Fsp3) is 0.625. The molecule has 0 aliphatic heterocycles. The van der Waals surface area contributed by atoms with Gasteiger partial charge in [-0.1, -0.05) is 19.8 Å². The molecule has 3 nitrogen and oxygen atoms in total. The van der Waals surface area contributed by atoms with Crippen LogP contribution in [0.5, 0.6) is 11.5 Å². The Bertz CT molecular complexity index is 361. The van der Waals surface area contributed by atoms with Crippen LogP contribution in [0.3, 0.4) is 0 Å². The third kappa shape index (κ3) is 4.43. The van der Waals surface area contributed by atoms with E-state index in [0.29, 0.717) is 0 Å². The van der Waals surface area contributed by atoms with Gasteiger partial charge in [0.1, 0.15) is 17.6 Å². The Labute approximate surface area is 115 Å². The molecule has 1 saturated carbocycles. The molecule has 106 valence electrons. The van der Waals surface area contributed by atoms with Crippen molar-refractivity contribution in [3.05, 3.63) is 24.3 Å². The van der Waals surface area contributed by atoms with Crippen LogP contribution in [0.15, 0.2) is 24.3 Å². The summed E-state index contributed by atoms with van der Waals surface area (Å²) in [6.45, 7) is 2.83. The highest BCUT2D eigenvalue weighted by atomic mass is 16.5. The molecular formula is C16H24O3. The summed E-state index contributed by atoms with van der Waals surface area (Å²) < 4.78 is 11.4. The van der Waals surface area contributed by atoms with Gasteiger partial charge in [-0.15, -0.1) is 0 Å². The predicted molar refractivity (Wildman–Crippen MR) is 75.7 cm³/mol. The molecular weight excluding hydrogens is 240 g/mol. The summed E-state index contributed by atoms with van der Waals surface area (Å²) in [4.78, 5) is 0. The fourth-order valence-corrected chi connectivity index (χ4v) is 2.40. The van der Waals surface area contributed by atoms with E-state index in [2.05, 4.69) is 6.92 Å². The van der Waals surface area contributed by atoms with Gasteiger partial charge in [-0.25, -0.2) is 0 Å². The first-order valence-electron chi connectivity index (χ1n) is 7.37. The molecule has 3 heteroatoms. The number of hydrogen-bond acceptors (Lipinski definition) is 3. The molecule has 0 aromatic heterocycles. The molecule has 1 fully saturated rings. The quantitative estimate of drug-likeness (QED) is 0.827. The third-order valence-electron chi connectivity index (χ3n) is 3.50. The van der Waals surface area contributed by atoms with Crippen LogP contribution in [0, 0.1) is 0 Å². The smallest absolute Gasteiger partial charge is 0.124 e. The van der Waals surface area contributed by atoms with Crippen LogP contribution in [0.2, 0.25) is 0 Å². The van der Waals surface area contributed by atoms with Crippen LogP contribution in [-0.2, 0) is 0 Å². The van der Waals surface area contributed by atoms with Crippen molar-refractivity contribution in [2.75, 3.05) is 6.61 Å². The highest BCUT2D eigenvalue weighted by Crippen LogP contribution is 2.24. The average molecular weight is 264 g/mol. The maximum Gasteiger partial charge on any atom is 0.124 e. The Morgan fingerprint density at radius 2 is 1.74 bits per heavy atom. The maximum atomic E-state index is 10.0. The molecule has 2 atom stereocenters. The predicted octanol–water partition coefficient (Wildman–Crippen LogP) is 3.55. The van der Waals surface area contributed by atoms with Gasteiger partial charge in [-0.05, 0) is 49.9 Å². The second-order valence-corrected chi connectivity index (χ2v) is 5.18. The van der Waals surface area contributed by atoms with Crippen LogP contribution in [-0.4, -0.2) is 23.9 Å². The van der Waals surface area contributed by atoms with E-state index in [-0.39, 0.29) is 12.2 Å². The van der Waals surface area contributed by atoms with E-state index in [4.69, 9.17) is 9.47 Å². The lowest BCUT2D eigenvalue weighted by Crippen LogP contribution is -2.30. The molecule has 1 aliphatic carbocycles. The number of aliphatic hydroxyl groups excluding tert-OH is 1. The molecule has 1 aromatic rings. The van der Waals surface area contributed by atoms with Crippen molar-refractivity contribution in [2.24, 2.45) is 0 Å². The summed E-state index contributed by atoms with van der Waals surface area (Å²) >= 11 is 0. The van der Waals surface area contributed by atoms with Crippen LogP contribution < -0.4 is 9.47 Å². The average Bonchev–Trinajstić information content (AvgIpc) is 2.63. The van der Waals surface area contributed by atoms with Gasteiger partial charge in [0.25, 0.3) is 0 Å². The van der Waals surface area contributed by atoms with E-state index >= 15 is 0 Å². The largest absolute Gasteiger partial charge is 0.494 e. The Hall–Kier alpha value is -1.22. The molecule has 19 heavy (non-hydrogen) atoms. The zero-order valence-corrected chi connectivity index (χ0v) is 11.7. The summed E-state index contributed by atoms with van der Waals surface area (Å²) in [6.07, 6.45) is 5.83. The lowest BCUT2D eigenvalue weighted by molar-refractivity contribution is 0.0319. The van der Waals surface area contributed by atoms with Crippen molar-refractivity contribution in [3.63, 3.8) is 0 Å². The maximum absolute atomic E-state index is 10.0. The minimum atomic E-state index is -0.335. The van der Waals surface area contributed by atoms with Crippen molar-refractivity contribution in [2.45, 2.75) is 57.7 Å². The Morgan fingerprint density at radius 3 is 2.47 bits per heavy atom. The zero-order chi connectivity index (χ0) is 13.5. The Balaban J connectivity index is 1.90. The van der Waals surface area contributed by atoms with Gasteiger partial charge >= 0.3 is 0 Å². The van der Waals surface area contributed by atoms with Crippen LogP contribution in [0.4, 0.5) is 0 Å². The number of hydrogen-bond donors (Lipinski definition) is 1. The van der Waals surface area contributed by atoms with E-state index in [0.717, 1.165) is 50.2 Å². The molecule has 0 spiro atoms. The lowest BCUT2D eigenvalue weighted by Gasteiger charge is -2.22. The molecule has 1 aliphatic rings. The SMILES string of the molecule is CCCOc1ccc(OC2CCCCCC2O)cc1. The number of benzene rings is 1. The molecule has 2 rings (SSSR count). The summed E-state index contributed by atoms with van der Waals surface area (Å²) in [5, 5.41) is 10.0. The van der Waals surface area contributed by atoms with E-state index in [9.17, 15) is 5.11 Å². The summed E-state index contributed by atoms with van der Waals surface area (Å²) in [5.74, 6) is 1.69.